The molecule has 1 aromatic rings. The number of ether oxygens (including phenoxy) is 1. The Hall–Kier alpha value is -2.41. The van der Waals surface area contributed by atoms with Crippen LogP contribution in [0.25, 0.3) is 0 Å². The maximum Gasteiger partial charge on any atom is 0.307 e. The summed E-state index contributed by atoms with van der Waals surface area (Å²) in [5.74, 6) is -2.44. The number of anilines is 1. The fourth-order valence-corrected chi connectivity index (χ4v) is 3.02. The van der Waals surface area contributed by atoms with Crippen molar-refractivity contribution in [2.24, 2.45) is 11.8 Å². The fraction of sp³-hybridized carbons (Fsp3) is 0.471. The molecular formula is C17H20N2O5. The second kappa shape index (κ2) is 7.00. The predicted octanol–water partition coefficient (Wildman–Crippen LogP) is 1.21. The maximum atomic E-state index is 12.5. The number of carboxylic acid groups (broad SMARTS) is 1. The maximum absolute atomic E-state index is 12.5. The molecule has 1 heterocycles. The van der Waals surface area contributed by atoms with E-state index in [0.29, 0.717) is 50.4 Å². The van der Waals surface area contributed by atoms with Crippen molar-refractivity contribution in [2.75, 3.05) is 31.6 Å². The van der Waals surface area contributed by atoms with Crippen LogP contribution in [0.5, 0.6) is 0 Å². The molecule has 7 nitrogen and oxygen atoms in total. The van der Waals surface area contributed by atoms with Gasteiger partial charge in [-0.15, -0.1) is 0 Å². The van der Waals surface area contributed by atoms with Gasteiger partial charge in [0.1, 0.15) is 0 Å². The van der Waals surface area contributed by atoms with Gasteiger partial charge in [0.25, 0.3) is 5.91 Å². The van der Waals surface area contributed by atoms with E-state index in [0.717, 1.165) is 0 Å². The monoisotopic (exact) mass is 332 g/mol. The summed E-state index contributed by atoms with van der Waals surface area (Å²) in [6.45, 7) is 2.16. The molecule has 3 rings (SSSR count). The highest BCUT2D eigenvalue weighted by Crippen LogP contribution is 2.35. The van der Waals surface area contributed by atoms with Gasteiger partial charge in [-0.2, -0.15) is 0 Å². The first kappa shape index (κ1) is 16.4. The van der Waals surface area contributed by atoms with Gasteiger partial charge >= 0.3 is 5.97 Å². The van der Waals surface area contributed by atoms with E-state index in [-0.39, 0.29) is 11.8 Å². The zero-order chi connectivity index (χ0) is 17.1. The van der Waals surface area contributed by atoms with Gasteiger partial charge in [-0.1, -0.05) is 6.07 Å². The van der Waals surface area contributed by atoms with Gasteiger partial charge < -0.3 is 20.1 Å². The summed E-state index contributed by atoms with van der Waals surface area (Å²) < 4.78 is 5.24. The van der Waals surface area contributed by atoms with Crippen molar-refractivity contribution in [2.45, 2.75) is 12.8 Å². The van der Waals surface area contributed by atoms with E-state index < -0.39 is 17.8 Å². The Labute approximate surface area is 139 Å². The first-order valence-electron chi connectivity index (χ1n) is 8.07. The number of hydrogen-bond acceptors (Lipinski definition) is 4. The van der Waals surface area contributed by atoms with Crippen molar-refractivity contribution in [3.63, 3.8) is 0 Å². The van der Waals surface area contributed by atoms with Crippen molar-refractivity contribution in [3.8, 4) is 0 Å². The molecular weight excluding hydrogens is 312 g/mol. The van der Waals surface area contributed by atoms with Crippen LogP contribution in [0.3, 0.4) is 0 Å². The van der Waals surface area contributed by atoms with Crippen LogP contribution in [-0.2, 0) is 14.3 Å². The highest BCUT2D eigenvalue weighted by molar-refractivity contribution is 5.99. The van der Waals surface area contributed by atoms with Crippen molar-refractivity contribution in [1.29, 1.82) is 0 Å². The van der Waals surface area contributed by atoms with E-state index in [4.69, 9.17) is 9.84 Å². The second-order valence-corrected chi connectivity index (χ2v) is 6.10. The Morgan fingerprint density at radius 1 is 1.12 bits per heavy atom. The van der Waals surface area contributed by atoms with Crippen molar-refractivity contribution >= 4 is 23.5 Å². The van der Waals surface area contributed by atoms with Crippen molar-refractivity contribution < 1.29 is 24.2 Å². The Morgan fingerprint density at radius 3 is 2.46 bits per heavy atom. The van der Waals surface area contributed by atoms with E-state index in [1.807, 2.05) is 0 Å². The van der Waals surface area contributed by atoms with Gasteiger partial charge in [-0.25, -0.2) is 0 Å². The lowest BCUT2D eigenvalue weighted by Gasteiger charge is -2.32. The molecule has 24 heavy (non-hydrogen) atoms. The standard InChI is InChI=1S/C17H20N2O5/c20-15(13-4-5-14(13)17(22)23)18-12-3-1-2-11(10-12)16(21)19-6-8-24-9-7-19/h1-3,10,13-14H,4-9H2,(H,18,20)(H,22,23). The Balaban J connectivity index is 1.65. The molecule has 1 aliphatic heterocycles. The molecule has 2 atom stereocenters. The van der Waals surface area contributed by atoms with Crippen LogP contribution in [-0.4, -0.2) is 54.1 Å². The number of carbonyl (C=O) groups excluding carboxylic acids is 2. The second-order valence-electron chi connectivity index (χ2n) is 6.10. The first-order chi connectivity index (χ1) is 11.6. The Morgan fingerprint density at radius 2 is 1.83 bits per heavy atom. The number of carbonyl (C=O) groups is 3. The number of hydrogen-bond donors (Lipinski definition) is 2. The van der Waals surface area contributed by atoms with Gasteiger partial charge in [0.05, 0.1) is 25.0 Å². The van der Waals surface area contributed by atoms with Gasteiger partial charge in [-0.3, -0.25) is 14.4 Å². The van der Waals surface area contributed by atoms with Crippen LogP contribution in [0.15, 0.2) is 24.3 Å². The van der Waals surface area contributed by atoms with Crippen molar-refractivity contribution in [1.82, 2.24) is 4.90 Å². The fourth-order valence-electron chi connectivity index (χ4n) is 3.02. The molecule has 2 unspecified atom stereocenters. The molecule has 2 N–H and O–H groups in total. The van der Waals surface area contributed by atoms with E-state index in [2.05, 4.69) is 5.32 Å². The molecule has 1 saturated carbocycles. The third-order valence-electron chi connectivity index (χ3n) is 4.60. The van der Waals surface area contributed by atoms with E-state index >= 15 is 0 Å². The number of nitrogens with zero attached hydrogens (tertiary/aromatic N) is 1. The molecule has 1 aliphatic carbocycles. The lowest BCUT2D eigenvalue weighted by atomic mass is 9.73. The number of nitrogens with one attached hydrogen (secondary N) is 1. The van der Waals surface area contributed by atoms with Crippen LogP contribution in [0, 0.1) is 11.8 Å². The summed E-state index contributed by atoms with van der Waals surface area (Å²) >= 11 is 0. The minimum Gasteiger partial charge on any atom is -0.481 e. The molecule has 1 aromatic carbocycles. The van der Waals surface area contributed by atoms with Crippen LogP contribution in [0.2, 0.25) is 0 Å². The number of amides is 2. The van der Waals surface area contributed by atoms with Crippen LogP contribution < -0.4 is 5.32 Å². The summed E-state index contributed by atoms with van der Waals surface area (Å²) in [5.41, 5.74) is 1.01. The van der Waals surface area contributed by atoms with Crippen LogP contribution >= 0.6 is 0 Å². The van der Waals surface area contributed by atoms with E-state index in [9.17, 15) is 14.4 Å². The summed E-state index contributed by atoms with van der Waals surface area (Å²) in [6.07, 6.45) is 1.11. The zero-order valence-corrected chi connectivity index (χ0v) is 13.2. The third kappa shape index (κ3) is 3.41. The summed E-state index contributed by atoms with van der Waals surface area (Å²) in [7, 11) is 0. The molecule has 7 heteroatoms. The highest BCUT2D eigenvalue weighted by atomic mass is 16.5. The molecule has 0 radical (unpaired) electrons. The number of benzene rings is 1. The molecule has 2 fully saturated rings. The predicted molar refractivity (Wildman–Crippen MR) is 85.6 cm³/mol. The van der Waals surface area contributed by atoms with Gasteiger partial charge in [-0.05, 0) is 31.0 Å². The molecule has 0 spiro atoms. The number of carboxylic acids is 1. The highest BCUT2D eigenvalue weighted by Gasteiger charge is 2.41. The Bertz CT molecular complexity index is 654. The third-order valence-corrected chi connectivity index (χ3v) is 4.60. The average molecular weight is 332 g/mol. The Kier molecular flexibility index (Phi) is 4.80. The lowest BCUT2D eigenvalue weighted by molar-refractivity contribution is -0.151. The quantitative estimate of drug-likeness (QED) is 0.864. The average Bonchev–Trinajstić information content (AvgIpc) is 2.53. The lowest BCUT2D eigenvalue weighted by Crippen LogP contribution is -2.41. The topological polar surface area (TPSA) is 95.9 Å². The van der Waals surface area contributed by atoms with Crippen molar-refractivity contribution in [3.05, 3.63) is 29.8 Å². The van der Waals surface area contributed by atoms with Crippen LogP contribution in [0.4, 0.5) is 5.69 Å². The minimum absolute atomic E-state index is 0.0959. The molecule has 2 amide bonds. The molecule has 128 valence electrons. The number of rotatable bonds is 4. The van der Waals surface area contributed by atoms with Gasteiger partial charge in [0.2, 0.25) is 5.91 Å². The molecule has 0 bridgehead atoms. The summed E-state index contributed by atoms with van der Waals surface area (Å²) in [4.78, 5) is 37.4. The van der Waals surface area contributed by atoms with Crippen LogP contribution in [0.1, 0.15) is 23.2 Å². The number of aliphatic carboxylic acids is 1. The molecule has 2 aliphatic rings. The van der Waals surface area contributed by atoms with E-state index in [1.54, 1.807) is 29.2 Å². The molecule has 1 saturated heterocycles. The first-order valence-corrected chi connectivity index (χ1v) is 8.07. The van der Waals surface area contributed by atoms with E-state index in [1.165, 1.54) is 0 Å². The SMILES string of the molecule is O=C(O)C1CCC1C(=O)Nc1cccc(C(=O)N2CCOCC2)c1. The summed E-state index contributed by atoms with van der Waals surface area (Å²) in [5, 5.41) is 11.8. The number of morpholine rings is 1. The summed E-state index contributed by atoms with van der Waals surface area (Å²) in [6, 6.07) is 6.74. The van der Waals surface area contributed by atoms with Gasteiger partial charge in [0, 0.05) is 24.3 Å². The smallest absolute Gasteiger partial charge is 0.307 e. The minimum atomic E-state index is -0.933. The normalized spacial score (nSPS) is 23.2. The zero-order valence-electron chi connectivity index (χ0n) is 13.2. The largest absolute Gasteiger partial charge is 0.481 e. The van der Waals surface area contributed by atoms with Gasteiger partial charge in [0.15, 0.2) is 0 Å². The molecule has 0 aromatic heterocycles.